The average molecular weight is 419 g/mol. The SMILES string of the molecule is Cc1ccccc1CNC(=O)CN(C)Cc1c(C)nn([C@H]2CCS(=O)(=O)C2)c1C. The number of hydrogen-bond acceptors (Lipinski definition) is 5. The van der Waals surface area contributed by atoms with Crippen LogP contribution in [-0.2, 0) is 27.7 Å². The van der Waals surface area contributed by atoms with Gasteiger partial charge in [-0.1, -0.05) is 24.3 Å². The summed E-state index contributed by atoms with van der Waals surface area (Å²) in [6, 6.07) is 7.92. The standard InChI is InChI=1S/C21H30N4O3S/c1-15-7-5-6-8-18(15)11-22-21(26)13-24(4)12-20-16(2)23-25(17(20)3)19-9-10-29(27,28)14-19/h5-8,19H,9-14H2,1-4H3,(H,22,26)/t19-/m0/s1. The van der Waals surface area contributed by atoms with Crippen molar-refractivity contribution in [2.75, 3.05) is 25.1 Å². The lowest BCUT2D eigenvalue weighted by Crippen LogP contribution is -2.34. The van der Waals surface area contributed by atoms with Crippen molar-refractivity contribution in [1.82, 2.24) is 20.0 Å². The molecule has 1 aliphatic rings. The first kappa shape index (κ1) is 21.5. The number of sulfone groups is 1. The van der Waals surface area contributed by atoms with Crippen LogP contribution in [0.25, 0.3) is 0 Å². The summed E-state index contributed by atoms with van der Waals surface area (Å²) < 4.78 is 25.5. The van der Waals surface area contributed by atoms with Crippen LogP contribution in [0.2, 0.25) is 0 Å². The molecule has 1 N–H and O–H groups in total. The number of carbonyl (C=O) groups is 1. The maximum absolute atomic E-state index is 12.3. The van der Waals surface area contributed by atoms with Crippen molar-refractivity contribution in [3.05, 3.63) is 52.3 Å². The monoisotopic (exact) mass is 418 g/mol. The molecule has 8 heteroatoms. The number of nitrogens with one attached hydrogen (secondary N) is 1. The fraction of sp³-hybridized carbons (Fsp3) is 0.524. The number of likely N-dealkylation sites (N-methyl/N-ethyl adjacent to an activating group) is 1. The molecule has 0 spiro atoms. The third-order valence-corrected chi connectivity index (χ3v) is 7.36. The van der Waals surface area contributed by atoms with Crippen molar-refractivity contribution < 1.29 is 13.2 Å². The van der Waals surface area contributed by atoms with Crippen molar-refractivity contribution in [3.8, 4) is 0 Å². The van der Waals surface area contributed by atoms with Crippen LogP contribution >= 0.6 is 0 Å². The Kier molecular flexibility index (Phi) is 6.43. The number of nitrogens with zero attached hydrogens (tertiary/aromatic N) is 3. The molecule has 2 heterocycles. The maximum Gasteiger partial charge on any atom is 0.234 e. The number of rotatable bonds is 7. The summed E-state index contributed by atoms with van der Waals surface area (Å²) in [5.41, 5.74) is 5.20. The highest BCUT2D eigenvalue weighted by Gasteiger charge is 2.31. The average Bonchev–Trinajstić information content (AvgIpc) is 3.14. The molecule has 2 aromatic rings. The van der Waals surface area contributed by atoms with Gasteiger partial charge in [-0.05, 0) is 45.4 Å². The van der Waals surface area contributed by atoms with Gasteiger partial charge in [0.2, 0.25) is 5.91 Å². The zero-order valence-corrected chi connectivity index (χ0v) is 18.4. The Balaban J connectivity index is 1.58. The summed E-state index contributed by atoms with van der Waals surface area (Å²) in [4.78, 5) is 14.3. The molecule has 1 saturated heterocycles. The maximum atomic E-state index is 12.3. The van der Waals surface area contributed by atoms with Crippen LogP contribution in [0.3, 0.4) is 0 Å². The van der Waals surface area contributed by atoms with Crippen LogP contribution < -0.4 is 5.32 Å². The summed E-state index contributed by atoms with van der Waals surface area (Å²) in [6.07, 6.45) is 0.612. The van der Waals surface area contributed by atoms with Gasteiger partial charge in [-0.25, -0.2) is 8.42 Å². The molecule has 7 nitrogen and oxygen atoms in total. The lowest BCUT2D eigenvalue weighted by Gasteiger charge is -2.17. The highest BCUT2D eigenvalue weighted by atomic mass is 32.2. The molecule has 1 amide bonds. The molecule has 0 saturated carbocycles. The first-order valence-corrected chi connectivity index (χ1v) is 11.7. The van der Waals surface area contributed by atoms with Gasteiger partial charge >= 0.3 is 0 Å². The summed E-state index contributed by atoms with van der Waals surface area (Å²) in [5, 5.41) is 7.58. The zero-order valence-electron chi connectivity index (χ0n) is 17.6. The van der Waals surface area contributed by atoms with E-state index in [-0.39, 0.29) is 30.0 Å². The zero-order chi connectivity index (χ0) is 21.2. The van der Waals surface area contributed by atoms with Crippen LogP contribution in [0.15, 0.2) is 24.3 Å². The second kappa shape index (κ2) is 8.67. The number of aryl methyl sites for hydroxylation is 2. The van der Waals surface area contributed by atoms with E-state index in [4.69, 9.17) is 0 Å². The van der Waals surface area contributed by atoms with Gasteiger partial charge in [0, 0.05) is 24.3 Å². The van der Waals surface area contributed by atoms with E-state index >= 15 is 0 Å². The van der Waals surface area contributed by atoms with E-state index in [9.17, 15) is 13.2 Å². The smallest absolute Gasteiger partial charge is 0.234 e. The lowest BCUT2D eigenvalue weighted by atomic mass is 10.1. The van der Waals surface area contributed by atoms with Crippen LogP contribution in [-0.4, -0.2) is 54.1 Å². The van der Waals surface area contributed by atoms with Gasteiger partial charge in [-0.3, -0.25) is 14.4 Å². The fourth-order valence-electron chi connectivity index (χ4n) is 3.88. The second-order valence-corrected chi connectivity index (χ2v) is 10.3. The fourth-order valence-corrected chi connectivity index (χ4v) is 5.57. The van der Waals surface area contributed by atoms with Gasteiger partial charge in [-0.15, -0.1) is 0 Å². The molecular formula is C21H30N4O3S. The normalized spacial score (nSPS) is 18.3. The molecule has 0 bridgehead atoms. The summed E-state index contributed by atoms with van der Waals surface area (Å²) >= 11 is 0. The summed E-state index contributed by atoms with van der Waals surface area (Å²) in [5.74, 6) is 0.359. The summed E-state index contributed by atoms with van der Waals surface area (Å²) in [7, 11) is -1.05. The first-order chi connectivity index (χ1) is 13.7. The predicted molar refractivity (Wildman–Crippen MR) is 113 cm³/mol. The molecule has 1 aliphatic heterocycles. The van der Waals surface area contributed by atoms with Gasteiger partial charge in [0.1, 0.15) is 0 Å². The molecule has 1 fully saturated rings. The molecule has 1 aromatic carbocycles. The number of benzene rings is 1. The van der Waals surface area contributed by atoms with Crippen LogP contribution in [0.5, 0.6) is 0 Å². The second-order valence-electron chi connectivity index (χ2n) is 8.03. The molecule has 158 valence electrons. The predicted octanol–water partition coefficient (Wildman–Crippen LogP) is 1.92. The number of hydrogen-bond donors (Lipinski definition) is 1. The Morgan fingerprint density at radius 3 is 2.66 bits per heavy atom. The third kappa shape index (κ3) is 5.25. The van der Waals surface area contributed by atoms with Crippen LogP contribution in [0.4, 0.5) is 0 Å². The van der Waals surface area contributed by atoms with Crippen LogP contribution in [0, 0.1) is 20.8 Å². The molecule has 1 atom stereocenters. The first-order valence-electron chi connectivity index (χ1n) is 9.91. The molecule has 0 radical (unpaired) electrons. The van der Waals surface area contributed by atoms with Crippen LogP contribution in [0.1, 0.15) is 40.5 Å². The third-order valence-electron chi connectivity index (χ3n) is 5.61. The molecule has 0 aliphatic carbocycles. The Hall–Kier alpha value is -2.19. The van der Waals surface area contributed by atoms with Crippen molar-refractivity contribution >= 4 is 15.7 Å². The lowest BCUT2D eigenvalue weighted by molar-refractivity contribution is -0.122. The van der Waals surface area contributed by atoms with E-state index < -0.39 is 9.84 Å². The van der Waals surface area contributed by atoms with E-state index in [0.29, 0.717) is 19.5 Å². The Labute approximate surface area is 173 Å². The molecular weight excluding hydrogens is 388 g/mol. The Morgan fingerprint density at radius 1 is 1.28 bits per heavy atom. The van der Waals surface area contributed by atoms with Gasteiger partial charge in [-0.2, -0.15) is 5.10 Å². The minimum absolute atomic E-state index is 0.0275. The topological polar surface area (TPSA) is 84.3 Å². The van der Waals surface area contributed by atoms with E-state index in [2.05, 4.69) is 10.4 Å². The van der Waals surface area contributed by atoms with Crippen molar-refractivity contribution in [1.29, 1.82) is 0 Å². The highest BCUT2D eigenvalue weighted by molar-refractivity contribution is 7.91. The van der Waals surface area contributed by atoms with E-state index in [0.717, 1.165) is 28.1 Å². The van der Waals surface area contributed by atoms with E-state index in [1.807, 2.05) is 61.7 Å². The number of carbonyl (C=O) groups excluding carboxylic acids is 1. The number of amides is 1. The molecule has 3 rings (SSSR count). The summed E-state index contributed by atoms with van der Waals surface area (Å²) in [6.45, 7) is 7.35. The Morgan fingerprint density at radius 2 is 2.00 bits per heavy atom. The van der Waals surface area contributed by atoms with E-state index in [1.165, 1.54) is 0 Å². The quantitative estimate of drug-likeness (QED) is 0.743. The van der Waals surface area contributed by atoms with Crippen molar-refractivity contribution in [3.63, 3.8) is 0 Å². The largest absolute Gasteiger partial charge is 0.351 e. The Bertz CT molecular complexity index is 997. The minimum Gasteiger partial charge on any atom is -0.351 e. The van der Waals surface area contributed by atoms with Gasteiger partial charge in [0.05, 0.1) is 29.8 Å². The van der Waals surface area contributed by atoms with Gasteiger partial charge in [0.15, 0.2) is 9.84 Å². The molecule has 29 heavy (non-hydrogen) atoms. The van der Waals surface area contributed by atoms with Gasteiger partial charge in [0.25, 0.3) is 0 Å². The molecule has 1 aromatic heterocycles. The molecule has 0 unspecified atom stereocenters. The van der Waals surface area contributed by atoms with Crippen molar-refractivity contribution in [2.24, 2.45) is 0 Å². The number of aromatic nitrogens is 2. The van der Waals surface area contributed by atoms with E-state index in [1.54, 1.807) is 0 Å². The minimum atomic E-state index is -2.96. The van der Waals surface area contributed by atoms with Gasteiger partial charge < -0.3 is 5.32 Å². The highest BCUT2D eigenvalue weighted by Crippen LogP contribution is 2.27. The van der Waals surface area contributed by atoms with Crippen molar-refractivity contribution in [2.45, 2.75) is 46.3 Å².